The normalized spacial score (nSPS) is 15.1. The van der Waals surface area contributed by atoms with E-state index in [-0.39, 0.29) is 11.3 Å². The maximum absolute atomic E-state index is 12.2. The molecular formula is C25H38N4O4. The number of nitrogens with one attached hydrogen (secondary N) is 1. The van der Waals surface area contributed by atoms with Crippen LogP contribution in [0.2, 0.25) is 0 Å². The Hall–Kier alpha value is -2.45. The molecule has 8 heteroatoms. The number of rotatable bonds is 11. The van der Waals surface area contributed by atoms with Crippen molar-refractivity contribution in [3.63, 3.8) is 0 Å². The van der Waals surface area contributed by atoms with E-state index in [0.29, 0.717) is 50.2 Å². The fourth-order valence-corrected chi connectivity index (χ4v) is 3.71. The summed E-state index contributed by atoms with van der Waals surface area (Å²) in [5.74, 6) is 2.11. The summed E-state index contributed by atoms with van der Waals surface area (Å²) < 4.78 is 16.7. The van der Waals surface area contributed by atoms with Gasteiger partial charge in [-0.2, -0.15) is 4.98 Å². The van der Waals surface area contributed by atoms with Gasteiger partial charge in [0.05, 0.1) is 0 Å². The summed E-state index contributed by atoms with van der Waals surface area (Å²) in [6.45, 7) is 9.81. The summed E-state index contributed by atoms with van der Waals surface area (Å²) in [5, 5.41) is 7.00. The number of hydrogen-bond donors (Lipinski definition) is 1. The van der Waals surface area contributed by atoms with Gasteiger partial charge in [0, 0.05) is 50.6 Å². The molecule has 0 aliphatic carbocycles. The van der Waals surface area contributed by atoms with E-state index in [4.69, 9.17) is 14.0 Å². The van der Waals surface area contributed by atoms with Gasteiger partial charge in [-0.25, -0.2) is 0 Å². The Balaban J connectivity index is 1.34. The number of aryl methyl sites for hydroxylation is 1. The van der Waals surface area contributed by atoms with Gasteiger partial charge in [0.25, 0.3) is 0 Å². The van der Waals surface area contributed by atoms with E-state index in [1.807, 2.05) is 45.0 Å². The molecule has 8 nitrogen and oxygen atoms in total. The van der Waals surface area contributed by atoms with Gasteiger partial charge in [0.1, 0.15) is 12.4 Å². The Morgan fingerprint density at radius 2 is 2.06 bits per heavy atom. The summed E-state index contributed by atoms with van der Waals surface area (Å²) >= 11 is 0. The second-order valence-corrected chi connectivity index (χ2v) is 9.71. The van der Waals surface area contributed by atoms with Crippen LogP contribution in [-0.2, 0) is 27.9 Å². The zero-order chi connectivity index (χ0) is 23.7. The van der Waals surface area contributed by atoms with Crippen molar-refractivity contribution in [3.8, 4) is 5.75 Å². The van der Waals surface area contributed by atoms with E-state index in [2.05, 4.69) is 27.4 Å². The van der Waals surface area contributed by atoms with Gasteiger partial charge in [0.2, 0.25) is 11.8 Å². The summed E-state index contributed by atoms with van der Waals surface area (Å²) in [6.07, 6.45) is 3.85. The first-order valence-corrected chi connectivity index (χ1v) is 11.9. The lowest BCUT2D eigenvalue weighted by Crippen LogP contribution is -2.38. The molecule has 1 saturated heterocycles. The minimum atomic E-state index is -0.141. The highest BCUT2D eigenvalue weighted by Gasteiger charge is 2.21. The molecule has 182 valence electrons. The maximum atomic E-state index is 12.2. The highest BCUT2D eigenvalue weighted by Crippen LogP contribution is 2.19. The summed E-state index contributed by atoms with van der Waals surface area (Å²) in [4.78, 5) is 19.0. The minimum Gasteiger partial charge on any atom is -0.492 e. The largest absolute Gasteiger partial charge is 0.492 e. The molecule has 0 radical (unpaired) electrons. The predicted molar refractivity (Wildman–Crippen MR) is 126 cm³/mol. The van der Waals surface area contributed by atoms with Crippen LogP contribution in [0.1, 0.15) is 63.7 Å². The number of nitrogens with zero attached hydrogens (tertiary/aromatic N) is 3. The molecule has 1 aliphatic heterocycles. The van der Waals surface area contributed by atoms with Crippen molar-refractivity contribution in [2.24, 2.45) is 0 Å². The van der Waals surface area contributed by atoms with Crippen LogP contribution >= 0.6 is 0 Å². The molecule has 1 fully saturated rings. The summed E-state index contributed by atoms with van der Waals surface area (Å²) in [7, 11) is 2.15. The lowest BCUT2D eigenvalue weighted by Gasteiger charge is -2.31. The van der Waals surface area contributed by atoms with Crippen molar-refractivity contribution in [3.05, 3.63) is 41.5 Å². The van der Waals surface area contributed by atoms with Crippen LogP contribution in [0.3, 0.4) is 0 Å². The van der Waals surface area contributed by atoms with Crippen LogP contribution < -0.4 is 10.1 Å². The molecule has 0 unspecified atom stereocenters. The predicted octanol–water partition coefficient (Wildman–Crippen LogP) is 3.50. The highest BCUT2D eigenvalue weighted by atomic mass is 16.5. The molecule has 0 bridgehead atoms. The third-order valence-electron chi connectivity index (χ3n) is 5.85. The third kappa shape index (κ3) is 8.44. The van der Waals surface area contributed by atoms with Gasteiger partial charge in [-0.15, -0.1) is 0 Å². The molecular weight excluding hydrogens is 420 g/mol. The van der Waals surface area contributed by atoms with Gasteiger partial charge in [-0.05, 0) is 44.0 Å². The lowest BCUT2D eigenvalue weighted by atomic mass is 9.96. The van der Waals surface area contributed by atoms with Crippen molar-refractivity contribution in [1.82, 2.24) is 20.4 Å². The fourth-order valence-electron chi connectivity index (χ4n) is 3.71. The van der Waals surface area contributed by atoms with E-state index in [0.717, 1.165) is 43.9 Å². The van der Waals surface area contributed by atoms with E-state index in [1.54, 1.807) is 0 Å². The molecule has 1 aliphatic rings. The number of aromatic nitrogens is 2. The second-order valence-electron chi connectivity index (χ2n) is 9.71. The van der Waals surface area contributed by atoms with E-state index in [9.17, 15) is 4.79 Å². The SMILES string of the molecule is CN(CCOc1cccc(CNC(=O)CCCc2nc(C(C)(C)C)no2)c1)C1CCOCC1. The number of carbonyl (C=O) groups is 1. The van der Waals surface area contributed by atoms with E-state index >= 15 is 0 Å². The number of ether oxygens (including phenoxy) is 2. The fraction of sp³-hybridized carbons (Fsp3) is 0.640. The molecule has 33 heavy (non-hydrogen) atoms. The quantitative estimate of drug-likeness (QED) is 0.551. The number of hydrogen-bond acceptors (Lipinski definition) is 7. The summed E-state index contributed by atoms with van der Waals surface area (Å²) in [6, 6.07) is 8.47. The number of carbonyl (C=O) groups excluding carboxylic acids is 1. The van der Waals surface area contributed by atoms with E-state index in [1.165, 1.54) is 0 Å². The highest BCUT2D eigenvalue weighted by molar-refractivity contribution is 5.75. The smallest absolute Gasteiger partial charge is 0.226 e. The van der Waals surface area contributed by atoms with Crippen LogP contribution in [-0.4, -0.2) is 60.4 Å². The molecule has 0 spiro atoms. The van der Waals surface area contributed by atoms with Crippen LogP contribution in [0.25, 0.3) is 0 Å². The zero-order valence-electron chi connectivity index (χ0n) is 20.4. The molecule has 3 rings (SSSR count). The van der Waals surface area contributed by atoms with Gasteiger partial charge in [-0.1, -0.05) is 38.1 Å². The Morgan fingerprint density at radius 1 is 1.27 bits per heavy atom. The van der Waals surface area contributed by atoms with Crippen molar-refractivity contribution in [2.45, 2.75) is 70.9 Å². The molecule has 1 aromatic carbocycles. The van der Waals surface area contributed by atoms with Crippen LogP contribution in [0.15, 0.2) is 28.8 Å². The van der Waals surface area contributed by atoms with Crippen LogP contribution in [0.4, 0.5) is 0 Å². The first-order chi connectivity index (χ1) is 15.8. The van der Waals surface area contributed by atoms with Crippen molar-refractivity contribution in [2.75, 3.05) is 33.4 Å². The van der Waals surface area contributed by atoms with Crippen LogP contribution in [0, 0.1) is 0 Å². The molecule has 2 aromatic rings. The average molecular weight is 459 g/mol. The number of benzene rings is 1. The Kier molecular flexibility index (Phi) is 9.26. The van der Waals surface area contributed by atoms with Crippen molar-refractivity contribution >= 4 is 5.91 Å². The van der Waals surface area contributed by atoms with Gasteiger partial charge < -0.3 is 19.3 Å². The standard InChI is InChI=1S/C25H38N4O4/c1-25(2,3)24-27-23(33-28-24)10-6-9-22(30)26-18-19-7-5-8-21(17-19)32-16-13-29(4)20-11-14-31-15-12-20/h5,7-8,17,20H,6,9-16,18H2,1-4H3,(H,26,30). The first kappa shape index (κ1) is 25.2. The average Bonchev–Trinajstić information content (AvgIpc) is 3.28. The van der Waals surface area contributed by atoms with Gasteiger partial charge >= 0.3 is 0 Å². The molecule has 2 heterocycles. The number of likely N-dealkylation sites (N-methyl/N-ethyl adjacent to an activating group) is 1. The maximum Gasteiger partial charge on any atom is 0.226 e. The molecule has 1 amide bonds. The third-order valence-corrected chi connectivity index (χ3v) is 5.85. The zero-order valence-corrected chi connectivity index (χ0v) is 20.4. The van der Waals surface area contributed by atoms with Crippen molar-refractivity contribution in [1.29, 1.82) is 0 Å². The Labute approximate surface area is 197 Å². The monoisotopic (exact) mass is 458 g/mol. The van der Waals surface area contributed by atoms with Gasteiger partial charge in [0.15, 0.2) is 5.82 Å². The molecule has 0 atom stereocenters. The first-order valence-electron chi connectivity index (χ1n) is 11.9. The topological polar surface area (TPSA) is 89.7 Å². The molecule has 0 saturated carbocycles. The number of amides is 1. The molecule has 1 N–H and O–H groups in total. The second kappa shape index (κ2) is 12.1. The molecule has 1 aromatic heterocycles. The summed E-state index contributed by atoms with van der Waals surface area (Å²) in [5.41, 5.74) is 0.878. The Bertz CT molecular complexity index is 871. The van der Waals surface area contributed by atoms with Crippen molar-refractivity contribution < 1.29 is 18.8 Å². The van der Waals surface area contributed by atoms with Gasteiger partial charge in [-0.3, -0.25) is 9.69 Å². The van der Waals surface area contributed by atoms with Crippen LogP contribution in [0.5, 0.6) is 5.75 Å². The minimum absolute atomic E-state index is 0.00923. The Morgan fingerprint density at radius 3 is 2.79 bits per heavy atom. The lowest BCUT2D eigenvalue weighted by molar-refractivity contribution is -0.121. The van der Waals surface area contributed by atoms with E-state index < -0.39 is 0 Å².